The SMILES string of the molecule is CCc1c(C)nc(-c2ccc(/C=C/CCO)s2)nc1Nc1ccc(CC(=O)O)cc1. The standard InChI is InChI=1S/C23H25N3O3S/c1-3-19-15(2)24-23(20-12-11-18(30-20)6-4-5-13-27)26-22(19)25-17-9-7-16(8-10-17)14-21(28)29/h4,6-12,27H,3,5,13-14H2,1-2H3,(H,28,29)(H,24,25,26)/b6-4+. The Labute approximate surface area is 180 Å². The molecule has 3 N–H and O–H groups in total. The highest BCUT2D eigenvalue weighted by Gasteiger charge is 2.13. The number of carboxylic acid groups (broad SMARTS) is 1. The molecule has 0 radical (unpaired) electrons. The molecule has 0 saturated heterocycles. The van der Waals surface area contributed by atoms with Crippen LogP contribution < -0.4 is 5.32 Å². The molecular formula is C23H25N3O3S. The lowest BCUT2D eigenvalue weighted by Gasteiger charge is -2.14. The van der Waals surface area contributed by atoms with E-state index < -0.39 is 5.97 Å². The van der Waals surface area contributed by atoms with Gasteiger partial charge in [0.2, 0.25) is 0 Å². The van der Waals surface area contributed by atoms with E-state index in [1.54, 1.807) is 23.5 Å². The summed E-state index contributed by atoms with van der Waals surface area (Å²) < 4.78 is 0. The van der Waals surface area contributed by atoms with Crippen molar-refractivity contribution < 1.29 is 15.0 Å². The number of aliphatic hydroxyl groups excluding tert-OH is 1. The number of thiophene rings is 1. The van der Waals surface area contributed by atoms with Crippen LogP contribution in [0.5, 0.6) is 0 Å². The first kappa shape index (κ1) is 21.7. The number of aliphatic carboxylic acids is 1. The molecule has 0 aliphatic heterocycles. The Kier molecular flexibility index (Phi) is 7.32. The molecule has 7 heteroatoms. The van der Waals surface area contributed by atoms with Crippen LogP contribution in [0.15, 0.2) is 42.5 Å². The van der Waals surface area contributed by atoms with Crippen molar-refractivity contribution in [3.8, 4) is 10.7 Å². The van der Waals surface area contributed by atoms with E-state index in [4.69, 9.17) is 20.2 Å². The molecule has 2 aromatic heterocycles. The number of aliphatic hydroxyl groups is 1. The lowest BCUT2D eigenvalue weighted by atomic mass is 10.1. The Morgan fingerprint density at radius 3 is 2.60 bits per heavy atom. The number of nitrogens with one attached hydrogen (secondary N) is 1. The fraction of sp³-hybridized carbons (Fsp3) is 0.261. The third-order valence-electron chi connectivity index (χ3n) is 4.56. The molecule has 0 amide bonds. The molecule has 0 atom stereocenters. The number of carbonyl (C=O) groups is 1. The number of aryl methyl sites for hydroxylation is 1. The van der Waals surface area contributed by atoms with E-state index in [9.17, 15) is 4.79 Å². The quantitative estimate of drug-likeness (QED) is 0.456. The molecule has 3 aromatic rings. The van der Waals surface area contributed by atoms with Crippen LogP contribution in [0.25, 0.3) is 16.8 Å². The third kappa shape index (κ3) is 5.52. The molecular weight excluding hydrogens is 398 g/mol. The van der Waals surface area contributed by atoms with Crippen LogP contribution in [-0.4, -0.2) is 32.8 Å². The summed E-state index contributed by atoms with van der Waals surface area (Å²) >= 11 is 1.60. The van der Waals surface area contributed by atoms with E-state index in [0.717, 1.165) is 44.5 Å². The minimum absolute atomic E-state index is 0.00468. The van der Waals surface area contributed by atoms with E-state index in [-0.39, 0.29) is 13.0 Å². The van der Waals surface area contributed by atoms with Gasteiger partial charge in [-0.2, -0.15) is 0 Å². The van der Waals surface area contributed by atoms with Crippen molar-refractivity contribution in [3.63, 3.8) is 0 Å². The third-order valence-corrected chi connectivity index (χ3v) is 5.61. The molecule has 0 bridgehead atoms. The summed E-state index contributed by atoms with van der Waals surface area (Å²) in [7, 11) is 0. The Bertz CT molecular complexity index is 1040. The fourth-order valence-corrected chi connectivity index (χ4v) is 3.96. The predicted molar refractivity (Wildman–Crippen MR) is 121 cm³/mol. The zero-order chi connectivity index (χ0) is 21.5. The Morgan fingerprint density at radius 1 is 1.17 bits per heavy atom. The summed E-state index contributed by atoms with van der Waals surface area (Å²) in [6, 6.07) is 11.4. The van der Waals surface area contributed by atoms with E-state index in [1.165, 1.54) is 0 Å². The monoisotopic (exact) mass is 423 g/mol. The van der Waals surface area contributed by atoms with E-state index in [2.05, 4.69) is 12.2 Å². The molecule has 0 aliphatic rings. The summed E-state index contributed by atoms with van der Waals surface area (Å²) in [5.74, 6) is 0.583. The van der Waals surface area contributed by atoms with Crippen LogP contribution >= 0.6 is 11.3 Å². The molecule has 0 saturated carbocycles. The van der Waals surface area contributed by atoms with Gasteiger partial charge < -0.3 is 15.5 Å². The highest BCUT2D eigenvalue weighted by atomic mass is 32.1. The normalized spacial score (nSPS) is 11.2. The molecule has 0 unspecified atom stereocenters. The molecule has 156 valence electrons. The Morgan fingerprint density at radius 2 is 1.93 bits per heavy atom. The summed E-state index contributed by atoms with van der Waals surface area (Å²) in [6.07, 6.45) is 5.38. The number of nitrogens with zero attached hydrogens (tertiary/aromatic N) is 2. The number of hydrogen-bond donors (Lipinski definition) is 3. The fourth-order valence-electron chi connectivity index (χ4n) is 3.09. The van der Waals surface area contributed by atoms with Gasteiger partial charge in [-0.15, -0.1) is 11.3 Å². The van der Waals surface area contributed by atoms with Crippen molar-refractivity contribution in [3.05, 3.63) is 64.2 Å². The second-order valence-electron chi connectivity index (χ2n) is 6.82. The maximum Gasteiger partial charge on any atom is 0.307 e. The Hall–Kier alpha value is -3.03. The summed E-state index contributed by atoms with van der Waals surface area (Å²) in [5, 5.41) is 21.2. The van der Waals surface area contributed by atoms with Crippen molar-refractivity contribution in [2.45, 2.75) is 33.1 Å². The minimum Gasteiger partial charge on any atom is -0.481 e. The van der Waals surface area contributed by atoms with Crippen molar-refractivity contribution in [2.75, 3.05) is 11.9 Å². The zero-order valence-corrected chi connectivity index (χ0v) is 17.9. The summed E-state index contributed by atoms with van der Waals surface area (Å²) in [6.45, 7) is 4.20. The molecule has 6 nitrogen and oxygen atoms in total. The number of carboxylic acids is 1. The van der Waals surface area contributed by atoms with E-state index in [1.807, 2.05) is 43.3 Å². The van der Waals surface area contributed by atoms with Crippen molar-refractivity contribution >= 4 is 34.9 Å². The average molecular weight is 424 g/mol. The maximum absolute atomic E-state index is 10.9. The summed E-state index contributed by atoms with van der Waals surface area (Å²) in [5.41, 5.74) is 3.58. The van der Waals surface area contributed by atoms with Crippen LogP contribution in [0.1, 0.15) is 35.0 Å². The number of rotatable bonds is 9. The number of aromatic nitrogens is 2. The van der Waals surface area contributed by atoms with Crippen molar-refractivity contribution in [1.29, 1.82) is 0 Å². The lowest BCUT2D eigenvalue weighted by molar-refractivity contribution is -0.136. The smallest absolute Gasteiger partial charge is 0.307 e. The van der Waals surface area contributed by atoms with E-state index in [0.29, 0.717) is 12.2 Å². The molecule has 0 spiro atoms. The predicted octanol–water partition coefficient (Wildman–Crippen LogP) is 4.84. The van der Waals surface area contributed by atoms with Gasteiger partial charge in [-0.25, -0.2) is 9.97 Å². The van der Waals surface area contributed by atoms with Gasteiger partial charge in [-0.05, 0) is 55.7 Å². The van der Waals surface area contributed by atoms with Crippen LogP contribution in [0.4, 0.5) is 11.5 Å². The van der Waals surface area contributed by atoms with Gasteiger partial charge in [-0.3, -0.25) is 4.79 Å². The molecule has 0 aliphatic carbocycles. The van der Waals surface area contributed by atoms with Gasteiger partial charge in [0.05, 0.1) is 11.3 Å². The second kappa shape index (κ2) is 10.1. The van der Waals surface area contributed by atoms with Crippen LogP contribution in [0, 0.1) is 6.92 Å². The van der Waals surface area contributed by atoms with Crippen LogP contribution in [0.3, 0.4) is 0 Å². The van der Waals surface area contributed by atoms with Gasteiger partial charge in [0.1, 0.15) is 5.82 Å². The highest BCUT2D eigenvalue weighted by Crippen LogP contribution is 2.30. The van der Waals surface area contributed by atoms with Crippen molar-refractivity contribution in [2.24, 2.45) is 0 Å². The molecule has 2 heterocycles. The van der Waals surface area contributed by atoms with Gasteiger partial charge >= 0.3 is 5.97 Å². The first-order chi connectivity index (χ1) is 14.5. The topological polar surface area (TPSA) is 95.3 Å². The molecule has 30 heavy (non-hydrogen) atoms. The molecule has 1 aromatic carbocycles. The first-order valence-electron chi connectivity index (χ1n) is 9.83. The molecule has 0 fully saturated rings. The minimum atomic E-state index is -0.846. The largest absolute Gasteiger partial charge is 0.481 e. The van der Waals surface area contributed by atoms with Crippen LogP contribution in [0.2, 0.25) is 0 Å². The second-order valence-corrected chi connectivity index (χ2v) is 7.94. The first-order valence-corrected chi connectivity index (χ1v) is 10.6. The zero-order valence-electron chi connectivity index (χ0n) is 17.1. The van der Waals surface area contributed by atoms with Gasteiger partial charge in [0.25, 0.3) is 0 Å². The van der Waals surface area contributed by atoms with Gasteiger partial charge in [0.15, 0.2) is 5.82 Å². The maximum atomic E-state index is 10.9. The highest BCUT2D eigenvalue weighted by molar-refractivity contribution is 7.16. The van der Waals surface area contributed by atoms with Crippen LogP contribution in [-0.2, 0) is 17.6 Å². The number of hydrogen-bond acceptors (Lipinski definition) is 6. The summed E-state index contributed by atoms with van der Waals surface area (Å²) in [4.78, 5) is 22.4. The van der Waals surface area contributed by atoms with Gasteiger partial charge in [-0.1, -0.05) is 25.1 Å². The average Bonchev–Trinajstić information content (AvgIpc) is 3.18. The number of anilines is 2. The molecule has 3 rings (SSSR count). The number of benzene rings is 1. The van der Waals surface area contributed by atoms with E-state index >= 15 is 0 Å². The van der Waals surface area contributed by atoms with Gasteiger partial charge in [0, 0.05) is 28.4 Å². The Balaban J connectivity index is 1.87. The van der Waals surface area contributed by atoms with Crippen molar-refractivity contribution in [1.82, 2.24) is 9.97 Å². The lowest BCUT2D eigenvalue weighted by Crippen LogP contribution is -2.05.